The number of aliphatic hydroxyl groups excluding tert-OH is 1. The zero-order valence-electron chi connectivity index (χ0n) is 11.6. The van der Waals surface area contributed by atoms with Crippen LogP contribution in [0.1, 0.15) is 38.2 Å². The van der Waals surface area contributed by atoms with Crippen LogP contribution in [0.15, 0.2) is 24.3 Å². The minimum absolute atomic E-state index is 0.157. The topological polar surface area (TPSA) is 49.3 Å². The Kier molecular flexibility index (Phi) is 4.97. The first-order valence-corrected chi connectivity index (χ1v) is 7.21. The highest BCUT2D eigenvalue weighted by atomic mass is 16.2. The average molecular weight is 261 g/mol. The summed E-state index contributed by atoms with van der Waals surface area (Å²) in [7, 11) is 0. The maximum absolute atomic E-state index is 12.2. The van der Waals surface area contributed by atoms with Crippen LogP contribution in [-0.2, 0) is 11.2 Å². The lowest BCUT2D eigenvalue weighted by atomic mass is 9.97. The molecule has 1 aliphatic rings. The molecule has 3 nitrogen and oxygen atoms in total. The Hall–Kier alpha value is -1.35. The van der Waals surface area contributed by atoms with Crippen molar-refractivity contribution in [1.82, 2.24) is 0 Å². The number of anilines is 1. The van der Waals surface area contributed by atoms with Crippen molar-refractivity contribution in [2.75, 3.05) is 11.9 Å². The van der Waals surface area contributed by atoms with Gasteiger partial charge in [-0.25, -0.2) is 0 Å². The van der Waals surface area contributed by atoms with Crippen molar-refractivity contribution >= 4 is 11.6 Å². The van der Waals surface area contributed by atoms with Gasteiger partial charge in [-0.15, -0.1) is 0 Å². The lowest BCUT2D eigenvalue weighted by molar-refractivity contribution is -0.120. The number of benzene rings is 1. The second-order valence-electron chi connectivity index (χ2n) is 5.53. The van der Waals surface area contributed by atoms with Gasteiger partial charge in [-0.3, -0.25) is 4.79 Å². The molecule has 0 heterocycles. The van der Waals surface area contributed by atoms with Gasteiger partial charge in [-0.05, 0) is 49.3 Å². The Morgan fingerprint density at radius 1 is 1.42 bits per heavy atom. The Balaban J connectivity index is 1.96. The highest BCUT2D eigenvalue weighted by Crippen LogP contribution is 2.32. The van der Waals surface area contributed by atoms with Gasteiger partial charge in [-0.2, -0.15) is 0 Å². The Labute approximate surface area is 115 Å². The van der Waals surface area contributed by atoms with E-state index in [4.69, 9.17) is 5.11 Å². The van der Waals surface area contributed by atoms with Gasteiger partial charge in [-0.1, -0.05) is 25.5 Å². The number of hydrogen-bond donors (Lipinski definition) is 2. The van der Waals surface area contributed by atoms with Crippen LogP contribution in [0.25, 0.3) is 0 Å². The number of nitrogens with one attached hydrogen (secondary N) is 1. The fourth-order valence-corrected chi connectivity index (χ4v) is 2.86. The van der Waals surface area contributed by atoms with E-state index in [1.165, 1.54) is 0 Å². The number of aryl methyl sites for hydroxylation is 1. The summed E-state index contributed by atoms with van der Waals surface area (Å²) in [6.45, 7) is 2.37. The van der Waals surface area contributed by atoms with Crippen LogP contribution in [-0.4, -0.2) is 17.6 Å². The predicted octanol–water partition coefficient (Wildman–Crippen LogP) is 2.99. The molecule has 2 atom stereocenters. The molecule has 1 aromatic carbocycles. The molecule has 3 heteroatoms. The van der Waals surface area contributed by atoms with Crippen molar-refractivity contribution in [3.63, 3.8) is 0 Å². The molecule has 1 amide bonds. The van der Waals surface area contributed by atoms with Gasteiger partial charge >= 0.3 is 0 Å². The van der Waals surface area contributed by atoms with Gasteiger partial charge in [0, 0.05) is 18.2 Å². The lowest BCUT2D eigenvalue weighted by Gasteiger charge is -2.15. The van der Waals surface area contributed by atoms with Crippen molar-refractivity contribution in [2.45, 2.75) is 39.0 Å². The molecule has 1 saturated carbocycles. The van der Waals surface area contributed by atoms with Crippen molar-refractivity contribution in [1.29, 1.82) is 0 Å². The van der Waals surface area contributed by atoms with E-state index in [1.807, 2.05) is 24.3 Å². The molecule has 1 aromatic rings. The van der Waals surface area contributed by atoms with Gasteiger partial charge in [0.05, 0.1) is 0 Å². The summed E-state index contributed by atoms with van der Waals surface area (Å²) in [5, 5.41) is 11.9. The Morgan fingerprint density at radius 3 is 2.95 bits per heavy atom. The molecular formula is C16H23NO2. The molecule has 1 aliphatic carbocycles. The highest BCUT2D eigenvalue weighted by molar-refractivity contribution is 5.92. The van der Waals surface area contributed by atoms with Crippen molar-refractivity contribution < 1.29 is 9.90 Å². The van der Waals surface area contributed by atoms with Gasteiger partial charge in [0.15, 0.2) is 0 Å². The fourth-order valence-electron chi connectivity index (χ4n) is 2.86. The van der Waals surface area contributed by atoms with E-state index in [0.717, 1.165) is 43.4 Å². The molecule has 0 saturated heterocycles. The summed E-state index contributed by atoms with van der Waals surface area (Å²) in [6.07, 6.45) is 4.94. The van der Waals surface area contributed by atoms with Gasteiger partial charge in [0.2, 0.25) is 5.91 Å². The zero-order valence-corrected chi connectivity index (χ0v) is 11.6. The number of hydrogen-bond acceptors (Lipinski definition) is 2. The second-order valence-corrected chi connectivity index (χ2v) is 5.53. The maximum atomic E-state index is 12.2. The van der Waals surface area contributed by atoms with Gasteiger partial charge < -0.3 is 10.4 Å². The number of carbonyl (C=O) groups is 1. The summed E-state index contributed by atoms with van der Waals surface area (Å²) in [4.78, 5) is 12.2. The third-order valence-electron chi connectivity index (χ3n) is 4.02. The molecule has 0 spiro atoms. The summed E-state index contributed by atoms with van der Waals surface area (Å²) >= 11 is 0. The fraction of sp³-hybridized carbons (Fsp3) is 0.562. The predicted molar refractivity (Wildman–Crippen MR) is 77.0 cm³/mol. The SMILES string of the molecule is CC1CCCC1C(=O)Nc1cccc(CCCO)c1. The third-order valence-corrected chi connectivity index (χ3v) is 4.02. The van der Waals surface area contributed by atoms with Crippen LogP contribution in [0.2, 0.25) is 0 Å². The number of amides is 1. The standard InChI is InChI=1S/C16H23NO2/c1-12-5-2-9-15(12)16(19)17-14-8-3-6-13(11-14)7-4-10-18/h3,6,8,11-12,15,18H,2,4-5,7,9-10H2,1H3,(H,17,19). The van der Waals surface area contributed by atoms with Crippen molar-refractivity contribution in [3.05, 3.63) is 29.8 Å². The van der Waals surface area contributed by atoms with E-state index in [9.17, 15) is 4.79 Å². The Morgan fingerprint density at radius 2 is 2.26 bits per heavy atom. The first kappa shape index (κ1) is 14.1. The van der Waals surface area contributed by atoms with Crippen LogP contribution >= 0.6 is 0 Å². The second kappa shape index (κ2) is 6.71. The average Bonchev–Trinajstić information content (AvgIpc) is 2.83. The molecule has 2 N–H and O–H groups in total. The smallest absolute Gasteiger partial charge is 0.227 e. The van der Waals surface area contributed by atoms with E-state index >= 15 is 0 Å². The molecule has 2 rings (SSSR count). The quantitative estimate of drug-likeness (QED) is 0.856. The van der Waals surface area contributed by atoms with Crippen LogP contribution < -0.4 is 5.32 Å². The molecule has 104 valence electrons. The van der Waals surface area contributed by atoms with E-state index in [0.29, 0.717) is 5.92 Å². The van der Waals surface area contributed by atoms with Crippen molar-refractivity contribution in [2.24, 2.45) is 11.8 Å². The van der Waals surface area contributed by atoms with Crippen LogP contribution in [0.4, 0.5) is 5.69 Å². The van der Waals surface area contributed by atoms with E-state index < -0.39 is 0 Å². The van der Waals surface area contributed by atoms with Gasteiger partial charge in [0.1, 0.15) is 0 Å². The van der Waals surface area contributed by atoms with Crippen LogP contribution in [0.3, 0.4) is 0 Å². The number of rotatable bonds is 5. The van der Waals surface area contributed by atoms with E-state index in [1.54, 1.807) is 0 Å². The normalized spacial score (nSPS) is 22.4. The summed E-state index contributed by atoms with van der Waals surface area (Å²) in [6, 6.07) is 7.93. The summed E-state index contributed by atoms with van der Waals surface area (Å²) in [5.74, 6) is 0.822. The van der Waals surface area contributed by atoms with Crippen LogP contribution in [0, 0.1) is 11.8 Å². The lowest BCUT2D eigenvalue weighted by Crippen LogP contribution is -2.24. The summed E-state index contributed by atoms with van der Waals surface area (Å²) in [5.41, 5.74) is 2.03. The first-order chi connectivity index (χ1) is 9.20. The molecule has 0 aromatic heterocycles. The molecule has 2 unspecified atom stereocenters. The van der Waals surface area contributed by atoms with Crippen molar-refractivity contribution in [3.8, 4) is 0 Å². The highest BCUT2D eigenvalue weighted by Gasteiger charge is 2.29. The van der Waals surface area contributed by atoms with E-state index in [-0.39, 0.29) is 18.4 Å². The number of carbonyl (C=O) groups excluding carboxylic acids is 1. The Bertz CT molecular complexity index is 431. The van der Waals surface area contributed by atoms with Gasteiger partial charge in [0.25, 0.3) is 0 Å². The molecule has 19 heavy (non-hydrogen) atoms. The molecular weight excluding hydrogens is 238 g/mol. The molecule has 0 bridgehead atoms. The number of aliphatic hydroxyl groups is 1. The minimum atomic E-state index is 0.157. The molecule has 0 radical (unpaired) electrons. The third kappa shape index (κ3) is 3.80. The minimum Gasteiger partial charge on any atom is -0.396 e. The first-order valence-electron chi connectivity index (χ1n) is 7.21. The summed E-state index contributed by atoms with van der Waals surface area (Å²) < 4.78 is 0. The molecule has 1 fully saturated rings. The maximum Gasteiger partial charge on any atom is 0.227 e. The monoisotopic (exact) mass is 261 g/mol. The molecule has 0 aliphatic heterocycles. The largest absolute Gasteiger partial charge is 0.396 e. The van der Waals surface area contributed by atoms with E-state index in [2.05, 4.69) is 12.2 Å². The van der Waals surface area contributed by atoms with Crippen LogP contribution in [0.5, 0.6) is 0 Å². The zero-order chi connectivity index (χ0) is 13.7.